The molecule has 0 amide bonds. The van der Waals surface area contributed by atoms with Gasteiger partial charge in [-0.05, 0) is 59.6 Å². The van der Waals surface area contributed by atoms with Crippen molar-refractivity contribution in [2.45, 2.75) is 73.1 Å². The lowest BCUT2D eigenvalue weighted by molar-refractivity contribution is 0.205. The van der Waals surface area contributed by atoms with Crippen LogP contribution in [0.25, 0.3) is 0 Å². The highest BCUT2D eigenvalue weighted by Gasteiger charge is 2.15. The van der Waals surface area contributed by atoms with Crippen molar-refractivity contribution in [3.8, 4) is 5.88 Å². The highest BCUT2D eigenvalue weighted by atomic mass is 16.5. The second kappa shape index (κ2) is 6.38. The van der Waals surface area contributed by atoms with Crippen molar-refractivity contribution in [3.05, 3.63) is 22.9 Å². The summed E-state index contributed by atoms with van der Waals surface area (Å²) < 4.78 is 5.97. The van der Waals surface area contributed by atoms with Crippen molar-refractivity contribution in [1.82, 2.24) is 10.3 Å². The predicted molar refractivity (Wildman–Crippen MR) is 80.7 cm³/mol. The molecule has 0 radical (unpaired) electrons. The molecule has 1 unspecified atom stereocenters. The summed E-state index contributed by atoms with van der Waals surface area (Å²) in [6.45, 7) is 15.6. The van der Waals surface area contributed by atoms with E-state index in [1.54, 1.807) is 0 Å². The number of nitrogens with zero attached hydrogens (tertiary/aromatic N) is 1. The molecule has 1 atom stereocenters. The Bertz CT molecular complexity index is 421. The first-order valence-corrected chi connectivity index (χ1v) is 7.11. The van der Waals surface area contributed by atoms with Gasteiger partial charge in [0.2, 0.25) is 5.88 Å². The zero-order valence-corrected chi connectivity index (χ0v) is 13.4. The molecule has 0 saturated carbocycles. The zero-order valence-electron chi connectivity index (χ0n) is 13.4. The molecule has 3 heteroatoms. The maximum atomic E-state index is 5.97. The van der Waals surface area contributed by atoms with Gasteiger partial charge in [0.05, 0.1) is 6.10 Å². The third kappa shape index (κ3) is 5.19. The number of rotatable bonds is 5. The van der Waals surface area contributed by atoms with Gasteiger partial charge in [-0.3, -0.25) is 0 Å². The number of ether oxygens (including phenoxy) is 1. The average molecular weight is 264 g/mol. The summed E-state index contributed by atoms with van der Waals surface area (Å²) in [5, 5.41) is 3.51. The summed E-state index contributed by atoms with van der Waals surface area (Å²) >= 11 is 0. The van der Waals surface area contributed by atoms with Gasteiger partial charge >= 0.3 is 0 Å². The van der Waals surface area contributed by atoms with Crippen LogP contribution in [0.3, 0.4) is 0 Å². The fourth-order valence-corrected chi connectivity index (χ4v) is 1.77. The van der Waals surface area contributed by atoms with Gasteiger partial charge in [-0.15, -0.1) is 0 Å². The highest BCUT2D eigenvalue weighted by molar-refractivity contribution is 5.36. The van der Waals surface area contributed by atoms with Gasteiger partial charge in [0.15, 0.2) is 0 Å². The molecule has 1 N–H and O–H groups in total. The minimum atomic E-state index is 0.0883. The van der Waals surface area contributed by atoms with Gasteiger partial charge in [-0.1, -0.05) is 6.92 Å². The van der Waals surface area contributed by atoms with Crippen molar-refractivity contribution in [2.75, 3.05) is 0 Å². The van der Waals surface area contributed by atoms with E-state index in [0.717, 1.165) is 24.5 Å². The van der Waals surface area contributed by atoms with Crippen LogP contribution in [0.1, 0.15) is 57.9 Å². The van der Waals surface area contributed by atoms with Crippen molar-refractivity contribution < 1.29 is 4.74 Å². The van der Waals surface area contributed by atoms with Crippen LogP contribution >= 0.6 is 0 Å². The van der Waals surface area contributed by atoms with Crippen molar-refractivity contribution >= 4 is 0 Å². The van der Waals surface area contributed by atoms with Crippen molar-refractivity contribution in [1.29, 1.82) is 0 Å². The van der Waals surface area contributed by atoms with E-state index in [1.807, 2.05) is 6.92 Å². The Morgan fingerprint density at radius 3 is 2.47 bits per heavy atom. The Balaban J connectivity index is 2.99. The Morgan fingerprint density at radius 1 is 1.32 bits per heavy atom. The summed E-state index contributed by atoms with van der Waals surface area (Å²) in [7, 11) is 0. The van der Waals surface area contributed by atoms with Gasteiger partial charge in [0.25, 0.3) is 0 Å². The number of pyridine rings is 1. The number of aromatic nitrogens is 1. The van der Waals surface area contributed by atoms with E-state index in [-0.39, 0.29) is 11.6 Å². The maximum absolute atomic E-state index is 5.97. The quantitative estimate of drug-likeness (QED) is 0.879. The molecular weight excluding hydrogens is 236 g/mol. The smallest absolute Gasteiger partial charge is 0.218 e. The number of hydrogen-bond donors (Lipinski definition) is 1. The lowest BCUT2D eigenvalue weighted by atomic mass is 10.1. The molecule has 0 fully saturated rings. The monoisotopic (exact) mass is 264 g/mol. The normalized spacial score (nSPS) is 13.4. The minimum absolute atomic E-state index is 0.0883. The van der Waals surface area contributed by atoms with Crippen LogP contribution in [-0.4, -0.2) is 16.6 Å². The Kier molecular flexibility index (Phi) is 5.36. The van der Waals surface area contributed by atoms with Crippen LogP contribution in [0.4, 0.5) is 0 Å². The van der Waals surface area contributed by atoms with E-state index in [1.165, 1.54) is 11.1 Å². The van der Waals surface area contributed by atoms with E-state index in [9.17, 15) is 0 Å². The van der Waals surface area contributed by atoms with E-state index >= 15 is 0 Å². The summed E-state index contributed by atoms with van der Waals surface area (Å²) in [6.07, 6.45) is 1.18. The second-order valence-corrected chi connectivity index (χ2v) is 6.30. The van der Waals surface area contributed by atoms with Gasteiger partial charge in [-0.25, -0.2) is 4.98 Å². The maximum Gasteiger partial charge on any atom is 0.218 e. The third-order valence-electron chi connectivity index (χ3n) is 3.12. The molecule has 0 saturated heterocycles. The molecule has 0 aliphatic rings. The van der Waals surface area contributed by atoms with Crippen LogP contribution in [0.15, 0.2) is 6.07 Å². The summed E-state index contributed by atoms with van der Waals surface area (Å²) in [4.78, 5) is 4.56. The summed E-state index contributed by atoms with van der Waals surface area (Å²) in [5.74, 6) is 0.781. The third-order valence-corrected chi connectivity index (χ3v) is 3.12. The summed E-state index contributed by atoms with van der Waals surface area (Å²) in [6, 6.07) is 2.11. The van der Waals surface area contributed by atoms with Gasteiger partial charge in [0.1, 0.15) is 0 Å². The molecule has 0 aromatic carbocycles. The first-order chi connectivity index (χ1) is 8.73. The zero-order chi connectivity index (χ0) is 14.6. The molecule has 1 rings (SSSR count). The van der Waals surface area contributed by atoms with Gasteiger partial charge in [0, 0.05) is 23.3 Å². The average Bonchev–Trinajstić information content (AvgIpc) is 2.25. The molecule has 19 heavy (non-hydrogen) atoms. The lowest BCUT2D eigenvalue weighted by Crippen LogP contribution is -2.35. The van der Waals surface area contributed by atoms with E-state index < -0.39 is 0 Å². The molecule has 1 aromatic rings. The van der Waals surface area contributed by atoms with E-state index in [4.69, 9.17) is 4.74 Å². The highest BCUT2D eigenvalue weighted by Crippen LogP contribution is 2.23. The fraction of sp³-hybridized carbons (Fsp3) is 0.688. The van der Waals surface area contributed by atoms with E-state index in [0.29, 0.717) is 0 Å². The minimum Gasteiger partial charge on any atom is -0.474 e. The van der Waals surface area contributed by atoms with Crippen LogP contribution in [-0.2, 0) is 6.54 Å². The molecule has 0 aliphatic carbocycles. The Hall–Kier alpha value is -1.09. The van der Waals surface area contributed by atoms with Crippen LogP contribution in [0, 0.1) is 13.8 Å². The molecule has 1 aromatic heterocycles. The number of nitrogens with one attached hydrogen (secondary N) is 1. The van der Waals surface area contributed by atoms with E-state index in [2.05, 4.69) is 57.9 Å². The number of hydrogen-bond acceptors (Lipinski definition) is 3. The molecule has 3 nitrogen and oxygen atoms in total. The van der Waals surface area contributed by atoms with Crippen LogP contribution < -0.4 is 10.1 Å². The Morgan fingerprint density at radius 2 is 1.95 bits per heavy atom. The largest absolute Gasteiger partial charge is 0.474 e. The summed E-state index contributed by atoms with van der Waals surface area (Å²) in [5.41, 5.74) is 3.50. The number of aryl methyl sites for hydroxylation is 2. The molecule has 0 bridgehead atoms. The molecular formula is C16H28N2O. The van der Waals surface area contributed by atoms with Crippen LogP contribution in [0.2, 0.25) is 0 Å². The lowest BCUT2D eigenvalue weighted by Gasteiger charge is -2.23. The molecule has 0 spiro atoms. The van der Waals surface area contributed by atoms with Gasteiger partial charge in [-0.2, -0.15) is 0 Å². The SMILES string of the molecule is CCC(C)Oc1nc(C)cc(C)c1CNC(C)(C)C. The second-order valence-electron chi connectivity index (χ2n) is 6.30. The molecule has 0 aliphatic heterocycles. The fourth-order valence-electron chi connectivity index (χ4n) is 1.77. The first kappa shape index (κ1) is 16.0. The standard InChI is InChI=1S/C16H28N2O/c1-8-13(4)19-15-14(10-17-16(5,6)7)11(2)9-12(3)18-15/h9,13,17H,8,10H2,1-7H3. The first-order valence-electron chi connectivity index (χ1n) is 7.11. The van der Waals surface area contributed by atoms with Crippen molar-refractivity contribution in [2.24, 2.45) is 0 Å². The van der Waals surface area contributed by atoms with Crippen LogP contribution in [0.5, 0.6) is 5.88 Å². The Labute approximate surface area is 117 Å². The topological polar surface area (TPSA) is 34.1 Å². The van der Waals surface area contributed by atoms with Gasteiger partial charge < -0.3 is 10.1 Å². The molecule has 1 heterocycles. The predicted octanol–water partition coefficient (Wildman–Crippen LogP) is 3.76. The molecule has 108 valence electrons. The van der Waals surface area contributed by atoms with Crippen molar-refractivity contribution in [3.63, 3.8) is 0 Å².